The number of nitrogens with one attached hydrogen (secondary N) is 1. The number of rotatable bonds is 5. The standard InChI is InChI=1S/C11H21NO3/c1-3-14-8-9(2)15-11(13)10-4-6-12-7-5-10/h9-10,12H,3-8H2,1-2H3. The molecule has 1 rings (SSSR count). The fourth-order valence-electron chi connectivity index (χ4n) is 1.67. The minimum absolute atomic E-state index is 0.0660. The molecule has 0 aliphatic carbocycles. The van der Waals surface area contributed by atoms with Crippen LogP contribution in [0, 0.1) is 5.92 Å². The van der Waals surface area contributed by atoms with E-state index < -0.39 is 0 Å². The van der Waals surface area contributed by atoms with Crippen molar-refractivity contribution in [3.05, 3.63) is 0 Å². The molecular formula is C11H21NO3. The molecule has 0 bridgehead atoms. The lowest BCUT2D eigenvalue weighted by Crippen LogP contribution is -2.34. The lowest BCUT2D eigenvalue weighted by molar-refractivity contribution is -0.156. The summed E-state index contributed by atoms with van der Waals surface area (Å²) in [5.74, 6) is 0.0130. The molecule has 4 heteroatoms. The molecule has 15 heavy (non-hydrogen) atoms. The number of carbonyl (C=O) groups excluding carboxylic acids is 1. The molecule has 0 aromatic carbocycles. The highest BCUT2D eigenvalue weighted by Crippen LogP contribution is 2.14. The minimum Gasteiger partial charge on any atom is -0.460 e. The number of hydrogen-bond donors (Lipinski definition) is 1. The molecule has 0 radical (unpaired) electrons. The Balaban J connectivity index is 2.21. The maximum Gasteiger partial charge on any atom is 0.309 e. The van der Waals surface area contributed by atoms with E-state index in [9.17, 15) is 4.79 Å². The molecule has 0 saturated carbocycles. The third-order valence-corrected chi connectivity index (χ3v) is 2.55. The van der Waals surface area contributed by atoms with Gasteiger partial charge in [0, 0.05) is 6.61 Å². The van der Waals surface area contributed by atoms with Crippen molar-refractivity contribution in [1.29, 1.82) is 0 Å². The number of piperidine rings is 1. The second kappa shape index (κ2) is 6.80. The molecule has 0 aromatic rings. The molecule has 0 aromatic heterocycles. The van der Waals surface area contributed by atoms with Crippen LogP contribution < -0.4 is 5.32 Å². The predicted octanol–water partition coefficient (Wildman–Crippen LogP) is 0.954. The SMILES string of the molecule is CCOCC(C)OC(=O)C1CCNCC1. The second-order valence-corrected chi connectivity index (χ2v) is 3.93. The van der Waals surface area contributed by atoms with E-state index in [1.165, 1.54) is 0 Å². The summed E-state index contributed by atoms with van der Waals surface area (Å²) >= 11 is 0. The van der Waals surface area contributed by atoms with Gasteiger partial charge in [-0.25, -0.2) is 0 Å². The molecule has 1 N–H and O–H groups in total. The maximum atomic E-state index is 11.7. The first-order valence-corrected chi connectivity index (χ1v) is 5.73. The molecule has 1 atom stereocenters. The van der Waals surface area contributed by atoms with Gasteiger partial charge in [-0.05, 0) is 39.8 Å². The van der Waals surface area contributed by atoms with Crippen molar-refractivity contribution in [1.82, 2.24) is 5.32 Å². The van der Waals surface area contributed by atoms with Crippen LogP contribution in [0.3, 0.4) is 0 Å². The average molecular weight is 215 g/mol. The Hall–Kier alpha value is -0.610. The summed E-state index contributed by atoms with van der Waals surface area (Å²) in [4.78, 5) is 11.7. The van der Waals surface area contributed by atoms with Gasteiger partial charge in [0.2, 0.25) is 0 Å². The molecule has 0 amide bonds. The van der Waals surface area contributed by atoms with Crippen molar-refractivity contribution in [2.45, 2.75) is 32.8 Å². The molecule has 1 aliphatic rings. The summed E-state index contributed by atoms with van der Waals surface area (Å²) in [6, 6.07) is 0. The van der Waals surface area contributed by atoms with Crippen LogP contribution in [-0.2, 0) is 14.3 Å². The van der Waals surface area contributed by atoms with Gasteiger partial charge in [-0.1, -0.05) is 0 Å². The fourth-order valence-corrected chi connectivity index (χ4v) is 1.67. The third kappa shape index (κ3) is 4.62. The fraction of sp³-hybridized carbons (Fsp3) is 0.909. The Morgan fingerprint density at radius 3 is 2.73 bits per heavy atom. The van der Waals surface area contributed by atoms with Crippen LogP contribution >= 0.6 is 0 Å². The van der Waals surface area contributed by atoms with E-state index >= 15 is 0 Å². The number of esters is 1. The molecule has 1 unspecified atom stereocenters. The molecule has 0 spiro atoms. The summed E-state index contributed by atoms with van der Waals surface area (Å²) in [5.41, 5.74) is 0. The van der Waals surface area contributed by atoms with Crippen molar-refractivity contribution in [2.75, 3.05) is 26.3 Å². The van der Waals surface area contributed by atoms with E-state index in [1.54, 1.807) is 0 Å². The van der Waals surface area contributed by atoms with Crippen LogP contribution in [0.25, 0.3) is 0 Å². The Morgan fingerprint density at radius 2 is 2.13 bits per heavy atom. The Kier molecular flexibility index (Phi) is 5.65. The molecule has 88 valence electrons. The van der Waals surface area contributed by atoms with Gasteiger partial charge in [0.25, 0.3) is 0 Å². The minimum atomic E-state index is -0.132. The Labute approximate surface area is 91.3 Å². The zero-order valence-electron chi connectivity index (χ0n) is 9.62. The summed E-state index contributed by atoms with van der Waals surface area (Å²) in [7, 11) is 0. The van der Waals surface area contributed by atoms with Gasteiger partial charge in [0.05, 0.1) is 12.5 Å². The van der Waals surface area contributed by atoms with Gasteiger partial charge in [0.15, 0.2) is 0 Å². The van der Waals surface area contributed by atoms with E-state index in [-0.39, 0.29) is 18.0 Å². The van der Waals surface area contributed by atoms with Gasteiger partial charge in [-0.3, -0.25) is 4.79 Å². The topological polar surface area (TPSA) is 47.6 Å². The average Bonchev–Trinajstić information content (AvgIpc) is 2.27. The number of ether oxygens (including phenoxy) is 2. The van der Waals surface area contributed by atoms with Gasteiger partial charge in [-0.15, -0.1) is 0 Å². The van der Waals surface area contributed by atoms with Gasteiger partial charge >= 0.3 is 5.97 Å². The highest BCUT2D eigenvalue weighted by atomic mass is 16.6. The van der Waals surface area contributed by atoms with Crippen molar-refractivity contribution in [3.63, 3.8) is 0 Å². The highest BCUT2D eigenvalue weighted by Gasteiger charge is 2.23. The smallest absolute Gasteiger partial charge is 0.309 e. The van der Waals surface area contributed by atoms with Crippen molar-refractivity contribution >= 4 is 5.97 Å². The summed E-state index contributed by atoms with van der Waals surface area (Å²) in [5, 5.41) is 3.22. The van der Waals surface area contributed by atoms with E-state index in [0.29, 0.717) is 13.2 Å². The van der Waals surface area contributed by atoms with E-state index in [2.05, 4.69) is 5.32 Å². The summed E-state index contributed by atoms with van der Waals surface area (Å²) < 4.78 is 10.5. The largest absolute Gasteiger partial charge is 0.460 e. The van der Waals surface area contributed by atoms with Crippen LogP contribution in [0.4, 0.5) is 0 Å². The molecule has 1 saturated heterocycles. The molecule has 4 nitrogen and oxygen atoms in total. The predicted molar refractivity (Wildman–Crippen MR) is 57.6 cm³/mol. The Morgan fingerprint density at radius 1 is 1.47 bits per heavy atom. The van der Waals surface area contributed by atoms with E-state index in [0.717, 1.165) is 25.9 Å². The number of carbonyl (C=O) groups is 1. The highest BCUT2D eigenvalue weighted by molar-refractivity contribution is 5.72. The van der Waals surface area contributed by atoms with Crippen LogP contribution in [0.1, 0.15) is 26.7 Å². The summed E-state index contributed by atoms with van der Waals surface area (Å²) in [6.45, 7) is 6.79. The first kappa shape index (κ1) is 12.5. The van der Waals surface area contributed by atoms with Crippen LogP contribution in [-0.4, -0.2) is 38.4 Å². The third-order valence-electron chi connectivity index (χ3n) is 2.55. The zero-order valence-corrected chi connectivity index (χ0v) is 9.62. The van der Waals surface area contributed by atoms with Crippen LogP contribution in [0.15, 0.2) is 0 Å². The van der Waals surface area contributed by atoms with Gasteiger partial charge in [-0.2, -0.15) is 0 Å². The van der Waals surface area contributed by atoms with Gasteiger partial charge < -0.3 is 14.8 Å². The van der Waals surface area contributed by atoms with Crippen LogP contribution in [0.2, 0.25) is 0 Å². The number of hydrogen-bond acceptors (Lipinski definition) is 4. The maximum absolute atomic E-state index is 11.7. The molecule has 1 aliphatic heterocycles. The lowest BCUT2D eigenvalue weighted by atomic mass is 9.98. The van der Waals surface area contributed by atoms with Crippen molar-refractivity contribution in [3.8, 4) is 0 Å². The molecule has 1 heterocycles. The zero-order chi connectivity index (χ0) is 11.1. The summed E-state index contributed by atoms with van der Waals surface area (Å²) in [6.07, 6.45) is 1.65. The van der Waals surface area contributed by atoms with Crippen molar-refractivity contribution in [2.24, 2.45) is 5.92 Å². The molecule has 1 fully saturated rings. The lowest BCUT2D eigenvalue weighted by Gasteiger charge is -2.23. The quantitative estimate of drug-likeness (QED) is 0.694. The van der Waals surface area contributed by atoms with Crippen molar-refractivity contribution < 1.29 is 14.3 Å². The second-order valence-electron chi connectivity index (χ2n) is 3.93. The van der Waals surface area contributed by atoms with E-state index in [4.69, 9.17) is 9.47 Å². The normalized spacial score (nSPS) is 19.9. The molecular weight excluding hydrogens is 194 g/mol. The first-order chi connectivity index (χ1) is 7.24. The monoisotopic (exact) mass is 215 g/mol. The Bertz CT molecular complexity index is 190. The van der Waals surface area contributed by atoms with E-state index in [1.807, 2.05) is 13.8 Å². The van der Waals surface area contributed by atoms with Gasteiger partial charge in [0.1, 0.15) is 6.10 Å². The first-order valence-electron chi connectivity index (χ1n) is 5.73. The van der Waals surface area contributed by atoms with Crippen LogP contribution in [0.5, 0.6) is 0 Å².